The molecule has 0 aliphatic carbocycles. The number of imidazole rings is 1. The number of rotatable bonds is 12. The fourth-order valence-corrected chi connectivity index (χ4v) is 7.72. The van der Waals surface area contributed by atoms with Gasteiger partial charge in [-0.15, -0.1) is 0 Å². The first kappa shape index (κ1) is 39.1. The first-order valence-electron chi connectivity index (χ1n) is 15.9. The Balaban J connectivity index is 1.64. The van der Waals surface area contributed by atoms with Crippen molar-refractivity contribution in [1.82, 2.24) is 4.57 Å². The minimum Gasteiger partial charge on any atom is -0.326 e. The molecular weight excluding hydrogens is 766 g/mol. The normalized spacial score (nSPS) is 14.6. The summed E-state index contributed by atoms with van der Waals surface area (Å²) in [5.41, 5.74) is 1.76. The lowest BCUT2D eigenvalue weighted by atomic mass is 10.1. The zero-order valence-corrected chi connectivity index (χ0v) is 30.9. The van der Waals surface area contributed by atoms with Gasteiger partial charge in [0, 0.05) is 31.3 Å². The molecule has 52 heavy (non-hydrogen) atoms. The number of anilines is 2. The van der Waals surface area contributed by atoms with Crippen LogP contribution < -0.4 is 14.4 Å². The molecule has 1 aliphatic rings. The summed E-state index contributed by atoms with van der Waals surface area (Å²) in [4.78, 5) is 3.52. The van der Waals surface area contributed by atoms with Crippen molar-refractivity contribution >= 4 is 71.9 Å². The summed E-state index contributed by atoms with van der Waals surface area (Å²) in [6.07, 6.45) is 1.00. The van der Waals surface area contributed by atoms with E-state index in [0.717, 1.165) is 6.07 Å². The van der Waals surface area contributed by atoms with Crippen LogP contribution in [0.4, 0.5) is 24.5 Å². The molecular formula is C34H33Cl2F3N5O6S2+. The number of benzene rings is 3. The molecule has 0 saturated carbocycles. The molecule has 0 fully saturated rings. The van der Waals surface area contributed by atoms with Gasteiger partial charge in [0.1, 0.15) is 18.4 Å². The van der Waals surface area contributed by atoms with Gasteiger partial charge < -0.3 is 9.80 Å². The minimum atomic E-state index is -4.74. The highest BCUT2D eigenvalue weighted by molar-refractivity contribution is 7.86. The number of hydrogen-bond donors (Lipinski definition) is 2. The van der Waals surface area contributed by atoms with Crippen LogP contribution in [0.25, 0.3) is 17.1 Å². The van der Waals surface area contributed by atoms with Crippen LogP contribution in [0.1, 0.15) is 49.2 Å². The third-order valence-corrected chi connectivity index (χ3v) is 10.8. The molecule has 276 valence electrons. The lowest BCUT2D eigenvalue weighted by Gasteiger charge is -2.24. The zero-order valence-electron chi connectivity index (χ0n) is 27.8. The van der Waals surface area contributed by atoms with Crippen molar-refractivity contribution in [3.63, 3.8) is 0 Å². The van der Waals surface area contributed by atoms with Crippen LogP contribution in [0.5, 0.6) is 0 Å². The SMILES string of the molecule is CCN1C(=CC=Cc2n(CC)c3cc(Cl)c(C(F)(F)F)cc3[n+]2Cc2ccc(S(=O)(=O)O)cc2)N(CCCCS(=O)(=O)O)c2cc(C#N)c(Cl)cc21. The second kappa shape index (κ2) is 15.1. The van der Waals surface area contributed by atoms with E-state index >= 15 is 0 Å². The van der Waals surface area contributed by atoms with Crippen molar-refractivity contribution < 1.29 is 43.7 Å². The molecule has 5 rings (SSSR count). The lowest BCUT2D eigenvalue weighted by molar-refractivity contribution is -0.665. The van der Waals surface area contributed by atoms with Crippen LogP contribution >= 0.6 is 23.2 Å². The molecule has 1 aromatic heterocycles. The maximum atomic E-state index is 14.0. The van der Waals surface area contributed by atoms with Gasteiger partial charge in [-0.2, -0.15) is 35.3 Å². The molecule has 18 heteroatoms. The number of aryl methyl sites for hydroxylation is 1. The van der Waals surface area contributed by atoms with Crippen LogP contribution in [0.15, 0.2) is 71.4 Å². The van der Waals surface area contributed by atoms with Gasteiger partial charge in [-0.1, -0.05) is 41.4 Å². The number of fused-ring (bicyclic) bond motifs is 2. The molecule has 4 aromatic rings. The Morgan fingerprint density at radius 2 is 1.60 bits per heavy atom. The van der Waals surface area contributed by atoms with Gasteiger partial charge in [0.05, 0.1) is 49.7 Å². The summed E-state index contributed by atoms with van der Waals surface area (Å²) in [7, 11) is -8.64. The number of alkyl halides is 3. The summed E-state index contributed by atoms with van der Waals surface area (Å²) in [5, 5.41) is 9.44. The van der Waals surface area contributed by atoms with E-state index in [0.29, 0.717) is 60.2 Å². The average molecular weight is 800 g/mol. The summed E-state index contributed by atoms with van der Waals surface area (Å²) < 4.78 is 110. The van der Waals surface area contributed by atoms with Crippen LogP contribution in [0.2, 0.25) is 10.0 Å². The average Bonchev–Trinajstić information content (AvgIpc) is 3.50. The van der Waals surface area contributed by atoms with E-state index in [4.69, 9.17) is 23.2 Å². The van der Waals surface area contributed by atoms with Gasteiger partial charge >= 0.3 is 6.18 Å². The molecule has 2 N–H and O–H groups in total. The van der Waals surface area contributed by atoms with Gasteiger partial charge in [-0.25, -0.2) is 9.13 Å². The third-order valence-electron chi connectivity index (χ3n) is 8.54. The van der Waals surface area contributed by atoms with Gasteiger partial charge in [-0.3, -0.25) is 9.11 Å². The number of halogens is 5. The standard InChI is InChI=1S/C34H32Cl2F3N5O6S2/c1-3-41-30-18-26(35)23(20-40)16-28(30)43(14-5-6-15-51(45,46)47)32(41)8-7-9-33-42(4-2)31-19-27(36)25(34(37,38)39)17-29(31)44(33)21-22-10-12-24(13-11-22)52(48,49)50/h7-13,16-19H,3-6,14-15,21H2,1-2H3,(H-,45,46,47,48,49,50)/p+1. The Morgan fingerprint density at radius 1 is 0.923 bits per heavy atom. The fourth-order valence-electron chi connectivity index (χ4n) is 6.21. The van der Waals surface area contributed by atoms with Crippen molar-refractivity contribution in [3.8, 4) is 6.07 Å². The smallest absolute Gasteiger partial charge is 0.326 e. The number of allylic oxidation sites excluding steroid dienone is 2. The van der Waals surface area contributed by atoms with Gasteiger partial charge in [0.2, 0.25) is 0 Å². The predicted octanol–water partition coefficient (Wildman–Crippen LogP) is 7.31. The van der Waals surface area contributed by atoms with Crippen molar-refractivity contribution in [2.75, 3.05) is 28.6 Å². The predicted molar refractivity (Wildman–Crippen MR) is 192 cm³/mol. The van der Waals surface area contributed by atoms with Gasteiger partial charge in [0.15, 0.2) is 11.0 Å². The van der Waals surface area contributed by atoms with Crippen LogP contribution in [-0.4, -0.2) is 49.4 Å². The first-order valence-corrected chi connectivity index (χ1v) is 19.7. The summed E-state index contributed by atoms with van der Waals surface area (Å²) >= 11 is 12.6. The van der Waals surface area contributed by atoms with Crippen molar-refractivity contribution in [1.29, 1.82) is 5.26 Å². The molecule has 2 heterocycles. The van der Waals surface area contributed by atoms with E-state index < -0.39 is 42.8 Å². The van der Waals surface area contributed by atoms with E-state index in [1.165, 1.54) is 30.3 Å². The molecule has 0 spiro atoms. The highest BCUT2D eigenvalue weighted by Gasteiger charge is 2.36. The highest BCUT2D eigenvalue weighted by Crippen LogP contribution is 2.44. The number of nitrogens with zero attached hydrogens (tertiary/aromatic N) is 5. The monoisotopic (exact) mass is 798 g/mol. The molecule has 1 aliphatic heterocycles. The number of aromatic nitrogens is 2. The van der Waals surface area contributed by atoms with Crippen molar-refractivity contribution in [2.24, 2.45) is 0 Å². The quantitative estimate of drug-likeness (QED) is 0.0856. The molecule has 3 aromatic carbocycles. The van der Waals surface area contributed by atoms with E-state index in [2.05, 4.69) is 6.07 Å². The Morgan fingerprint density at radius 3 is 2.17 bits per heavy atom. The molecule has 0 saturated heterocycles. The van der Waals surface area contributed by atoms with Crippen LogP contribution in [0.3, 0.4) is 0 Å². The molecule has 11 nitrogen and oxygen atoms in total. The maximum Gasteiger partial charge on any atom is 0.418 e. The van der Waals surface area contributed by atoms with E-state index in [1.54, 1.807) is 39.5 Å². The van der Waals surface area contributed by atoms with Gasteiger partial charge in [0.25, 0.3) is 26.1 Å². The van der Waals surface area contributed by atoms with Gasteiger partial charge in [-0.05, 0) is 62.6 Å². The second-order valence-electron chi connectivity index (χ2n) is 11.8. The van der Waals surface area contributed by atoms with E-state index in [-0.39, 0.29) is 34.0 Å². The summed E-state index contributed by atoms with van der Waals surface area (Å²) in [6, 6.07) is 12.9. The Bertz CT molecular complexity index is 2360. The Kier molecular flexibility index (Phi) is 11.3. The second-order valence-corrected chi connectivity index (χ2v) is 15.6. The number of hydrogen-bond acceptors (Lipinski definition) is 7. The van der Waals surface area contributed by atoms with E-state index in [9.17, 15) is 44.4 Å². The molecule has 0 amide bonds. The number of unbranched alkanes of at least 4 members (excludes halogenated alkanes) is 1. The number of nitriles is 1. The topological polar surface area (TPSA) is 148 Å². The fraction of sp³-hybridized carbons (Fsp3) is 0.294. The maximum absolute atomic E-state index is 14.0. The van der Waals surface area contributed by atoms with Crippen LogP contribution in [-0.2, 0) is 39.5 Å². The third kappa shape index (κ3) is 8.25. The van der Waals surface area contributed by atoms with Crippen molar-refractivity contribution in [3.05, 3.63) is 99.1 Å². The van der Waals surface area contributed by atoms with Crippen molar-refractivity contribution in [2.45, 2.75) is 50.9 Å². The highest BCUT2D eigenvalue weighted by atomic mass is 35.5. The molecule has 0 unspecified atom stereocenters. The molecule has 0 radical (unpaired) electrons. The van der Waals surface area contributed by atoms with E-state index in [1.807, 2.05) is 23.6 Å². The lowest BCUT2D eigenvalue weighted by Crippen LogP contribution is -2.37. The Hall–Kier alpha value is -4.11. The van der Waals surface area contributed by atoms with Crippen LogP contribution in [0, 0.1) is 11.3 Å². The molecule has 0 bridgehead atoms. The minimum absolute atomic E-state index is 0.0201. The Labute approximate surface area is 308 Å². The summed E-state index contributed by atoms with van der Waals surface area (Å²) in [6.45, 7) is 4.89. The first-order chi connectivity index (χ1) is 24.4. The zero-order chi connectivity index (χ0) is 38.2. The summed E-state index contributed by atoms with van der Waals surface area (Å²) in [5.74, 6) is 0.714. The molecule has 0 atom stereocenters. The largest absolute Gasteiger partial charge is 0.418 e.